The maximum atomic E-state index is 13.0. The summed E-state index contributed by atoms with van der Waals surface area (Å²) < 4.78 is 10.8. The van der Waals surface area contributed by atoms with E-state index in [1.807, 2.05) is 12.1 Å². The van der Waals surface area contributed by atoms with Crippen molar-refractivity contribution in [2.75, 3.05) is 6.61 Å². The summed E-state index contributed by atoms with van der Waals surface area (Å²) in [5.41, 5.74) is 1.46. The number of esters is 1. The van der Waals surface area contributed by atoms with Gasteiger partial charge in [0.2, 0.25) is 0 Å². The van der Waals surface area contributed by atoms with Crippen LogP contribution in [0.15, 0.2) is 36.4 Å². The van der Waals surface area contributed by atoms with Gasteiger partial charge in [0.25, 0.3) is 0 Å². The fraction of sp³-hybridized carbons (Fsp3) is 0.500. The predicted octanol–water partition coefficient (Wildman–Crippen LogP) is 6.13. The Morgan fingerprint density at radius 2 is 1.33 bits per heavy atom. The fourth-order valence-corrected chi connectivity index (χ4v) is 3.58. The molecular formula is C28H38O5. The van der Waals surface area contributed by atoms with Crippen LogP contribution in [0.25, 0.3) is 0 Å². The topological polar surface area (TPSA) is 72.8 Å². The summed E-state index contributed by atoms with van der Waals surface area (Å²) in [6.07, 6.45) is 0.223. The molecule has 0 fully saturated rings. The number of ether oxygens (including phenoxy) is 2. The highest BCUT2D eigenvalue weighted by Gasteiger charge is 2.31. The minimum absolute atomic E-state index is 0.0309. The first-order valence-corrected chi connectivity index (χ1v) is 11.4. The van der Waals surface area contributed by atoms with Crippen LogP contribution in [0.1, 0.15) is 89.4 Å². The van der Waals surface area contributed by atoms with E-state index in [1.54, 1.807) is 45.0 Å². The van der Waals surface area contributed by atoms with Crippen molar-refractivity contribution in [3.8, 4) is 11.5 Å². The summed E-state index contributed by atoms with van der Waals surface area (Å²) in [6.45, 7) is 17.6. The molecule has 33 heavy (non-hydrogen) atoms. The second-order valence-electron chi connectivity index (χ2n) is 11.0. The number of carbonyl (C=O) groups is 2. The molecule has 1 N–H and O–H groups in total. The van der Waals surface area contributed by atoms with Crippen LogP contribution in [0.5, 0.6) is 11.5 Å². The third kappa shape index (κ3) is 6.59. The van der Waals surface area contributed by atoms with Gasteiger partial charge in [-0.3, -0.25) is 4.79 Å². The first-order chi connectivity index (χ1) is 15.1. The highest BCUT2D eigenvalue weighted by Crippen LogP contribution is 2.40. The molecule has 0 heterocycles. The number of rotatable bonds is 7. The van der Waals surface area contributed by atoms with E-state index >= 15 is 0 Å². The molecule has 0 aliphatic carbocycles. The number of phenols is 1. The van der Waals surface area contributed by atoms with E-state index in [9.17, 15) is 14.7 Å². The van der Waals surface area contributed by atoms with E-state index in [4.69, 9.17) is 9.47 Å². The average molecular weight is 455 g/mol. The molecule has 5 heteroatoms. The molecule has 2 aromatic carbocycles. The van der Waals surface area contributed by atoms with Gasteiger partial charge in [-0.15, -0.1) is 0 Å². The average Bonchev–Trinajstić information content (AvgIpc) is 2.67. The molecule has 0 spiro atoms. The molecule has 0 unspecified atom stereocenters. The zero-order chi connectivity index (χ0) is 25.2. The maximum absolute atomic E-state index is 13.0. The van der Waals surface area contributed by atoms with Crippen molar-refractivity contribution in [1.82, 2.24) is 0 Å². The molecule has 0 aliphatic rings. The lowest BCUT2D eigenvalue weighted by molar-refractivity contribution is -0.158. The molecule has 0 atom stereocenters. The number of aromatic hydroxyl groups is 1. The number of ketones is 1. The maximum Gasteiger partial charge on any atom is 0.349 e. The zero-order valence-electron chi connectivity index (χ0n) is 21.5. The quantitative estimate of drug-likeness (QED) is 0.402. The molecule has 0 saturated heterocycles. The van der Waals surface area contributed by atoms with Crippen molar-refractivity contribution in [1.29, 1.82) is 0 Å². The lowest BCUT2D eigenvalue weighted by Gasteiger charge is -2.28. The first-order valence-electron chi connectivity index (χ1n) is 11.4. The van der Waals surface area contributed by atoms with Gasteiger partial charge in [-0.2, -0.15) is 0 Å². The van der Waals surface area contributed by atoms with E-state index in [-0.39, 0.29) is 29.6 Å². The van der Waals surface area contributed by atoms with Crippen LogP contribution < -0.4 is 4.74 Å². The van der Waals surface area contributed by atoms with Crippen molar-refractivity contribution in [2.24, 2.45) is 0 Å². The molecule has 0 aliphatic heterocycles. The van der Waals surface area contributed by atoms with Crippen LogP contribution in [0.3, 0.4) is 0 Å². The van der Waals surface area contributed by atoms with E-state index in [1.165, 1.54) is 0 Å². The second kappa shape index (κ2) is 9.58. The largest absolute Gasteiger partial charge is 0.507 e. The zero-order valence-corrected chi connectivity index (χ0v) is 21.5. The van der Waals surface area contributed by atoms with Gasteiger partial charge in [0, 0.05) is 12.0 Å². The monoisotopic (exact) mass is 454 g/mol. The van der Waals surface area contributed by atoms with Crippen molar-refractivity contribution < 1.29 is 24.2 Å². The molecule has 2 aromatic rings. The fourth-order valence-electron chi connectivity index (χ4n) is 3.58. The van der Waals surface area contributed by atoms with Crippen molar-refractivity contribution >= 4 is 11.8 Å². The van der Waals surface area contributed by atoms with Gasteiger partial charge in [0.1, 0.15) is 11.5 Å². The normalized spacial score (nSPS) is 12.4. The number of Topliss-reactive ketones (excluding diaryl/α,β-unsaturated/α-hetero) is 1. The van der Waals surface area contributed by atoms with Crippen molar-refractivity contribution in [2.45, 2.75) is 85.2 Å². The van der Waals surface area contributed by atoms with Crippen LogP contribution in [0.2, 0.25) is 0 Å². The minimum atomic E-state index is -1.12. The second-order valence-corrected chi connectivity index (χ2v) is 11.0. The van der Waals surface area contributed by atoms with Crippen molar-refractivity contribution in [3.63, 3.8) is 0 Å². The van der Waals surface area contributed by atoms with Crippen LogP contribution >= 0.6 is 0 Å². The number of phenolic OH excluding ortho intramolecular Hbond substituents is 1. The Morgan fingerprint density at radius 1 is 0.848 bits per heavy atom. The van der Waals surface area contributed by atoms with E-state index in [0.717, 1.165) is 16.7 Å². The Bertz CT molecular complexity index is 967. The Morgan fingerprint density at radius 3 is 1.76 bits per heavy atom. The summed E-state index contributed by atoms with van der Waals surface area (Å²) in [4.78, 5) is 25.1. The highest BCUT2D eigenvalue weighted by atomic mass is 16.6. The van der Waals surface area contributed by atoms with Crippen LogP contribution in [0.4, 0.5) is 0 Å². The van der Waals surface area contributed by atoms with Gasteiger partial charge < -0.3 is 14.6 Å². The number of carbonyl (C=O) groups excluding carboxylic acids is 2. The van der Waals surface area contributed by atoms with Gasteiger partial charge in [0.05, 0.1) is 6.61 Å². The first kappa shape index (κ1) is 26.4. The molecule has 0 aromatic heterocycles. The number of hydrogen-bond acceptors (Lipinski definition) is 5. The standard InChI is InChI=1S/C28H38O5/c1-10-32-25(31)28(8,9)33-20-13-11-19(12-14-20)23(29)17-18-15-21(26(2,3)4)24(30)22(16-18)27(5,6)7/h11-16,30H,10,17H2,1-9H3. The summed E-state index contributed by atoms with van der Waals surface area (Å²) in [5.74, 6) is 0.314. The van der Waals surface area contributed by atoms with Crippen LogP contribution in [-0.4, -0.2) is 29.1 Å². The molecule has 0 radical (unpaired) electrons. The lowest BCUT2D eigenvalue weighted by Crippen LogP contribution is -2.39. The molecule has 0 amide bonds. The summed E-state index contributed by atoms with van der Waals surface area (Å²) in [7, 11) is 0. The summed E-state index contributed by atoms with van der Waals surface area (Å²) in [5, 5.41) is 10.9. The van der Waals surface area contributed by atoms with Gasteiger partial charge in [0.15, 0.2) is 11.4 Å². The smallest absolute Gasteiger partial charge is 0.349 e. The number of hydrogen-bond donors (Lipinski definition) is 1. The molecule has 180 valence electrons. The Labute approximate surface area is 198 Å². The molecule has 0 saturated carbocycles. The Kier molecular flexibility index (Phi) is 7.67. The van der Waals surface area contributed by atoms with Crippen LogP contribution in [-0.2, 0) is 26.8 Å². The third-order valence-corrected chi connectivity index (χ3v) is 5.47. The third-order valence-electron chi connectivity index (χ3n) is 5.47. The van der Waals surface area contributed by atoms with Gasteiger partial charge in [-0.1, -0.05) is 53.7 Å². The Balaban J connectivity index is 2.27. The van der Waals surface area contributed by atoms with E-state index < -0.39 is 11.6 Å². The SMILES string of the molecule is CCOC(=O)C(C)(C)Oc1ccc(C(=O)Cc2cc(C(C)(C)C)c(O)c(C(C)(C)C)c2)cc1. The van der Waals surface area contributed by atoms with Gasteiger partial charge in [-0.25, -0.2) is 4.79 Å². The Hall–Kier alpha value is -2.82. The van der Waals surface area contributed by atoms with E-state index in [0.29, 0.717) is 17.1 Å². The van der Waals surface area contributed by atoms with Crippen LogP contribution in [0, 0.1) is 0 Å². The predicted molar refractivity (Wildman–Crippen MR) is 131 cm³/mol. The molecule has 0 bridgehead atoms. The molecule has 5 nitrogen and oxygen atoms in total. The van der Waals surface area contributed by atoms with E-state index in [2.05, 4.69) is 41.5 Å². The molecular weight excluding hydrogens is 416 g/mol. The number of benzene rings is 2. The van der Waals surface area contributed by atoms with Crippen molar-refractivity contribution in [3.05, 3.63) is 58.7 Å². The lowest BCUT2D eigenvalue weighted by atomic mass is 9.78. The minimum Gasteiger partial charge on any atom is -0.507 e. The highest BCUT2D eigenvalue weighted by molar-refractivity contribution is 5.97. The summed E-state index contributed by atoms with van der Waals surface area (Å²) in [6, 6.07) is 10.6. The summed E-state index contributed by atoms with van der Waals surface area (Å²) >= 11 is 0. The van der Waals surface area contributed by atoms with Gasteiger partial charge in [-0.05, 0) is 72.6 Å². The van der Waals surface area contributed by atoms with Gasteiger partial charge >= 0.3 is 5.97 Å². The molecule has 2 rings (SSSR count).